The molecule has 2 aromatic rings. The van der Waals surface area contributed by atoms with E-state index in [-0.39, 0.29) is 11.3 Å². The summed E-state index contributed by atoms with van der Waals surface area (Å²) in [7, 11) is 0. The zero-order chi connectivity index (χ0) is 19.4. The van der Waals surface area contributed by atoms with Gasteiger partial charge in [-0.1, -0.05) is 6.07 Å². The van der Waals surface area contributed by atoms with E-state index in [1.54, 1.807) is 18.5 Å². The summed E-state index contributed by atoms with van der Waals surface area (Å²) in [6, 6.07) is 7.17. The minimum atomic E-state index is -0.0633. The first-order valence-electron chi connectivity index (χ1n) is 9.67. The van der Waals surface area contributed by atoms with Crippen molar-refractivity contribution in [2.75, 3.05) is 31.5 Å². The molecule has 2 fully saturated rings. The summed E-state index contributed by atoms with van der Waals surface area (Å²) in [5.41, 5.74) is 0.661. The Morgan fingerprint density at radius 3 is 2.43 bits per heavy atom. The number of hydrogen-bond acceptors (Lipinski definition) is 6. The molecule has 2 saturated heterocycles. The molecule has 0 aliphatic carbocycles. The second-order valence-electron chi connectivity index (χ2n) is 7.54. The predicted molar refractivity (Wildman–Crippen MR) is 104 cm³/mol. The average Bonchev–Trinajstić information content (AvgIpc) is 2.75. The molecule has 0 atom stereocenters. The first-order chi connectivity index (χ1) is 13.7. The molecule has 0 bridgehead atoms. The number of anilines is 2. The van der Waals surface area contributed by atoms with Gasteiger partial charge >= 0.3 is 0 Å². The van der Waals surface area contributed by atoms with Gasteiger partial charge in [0.1, 0.15) is 11.5 Å². The summed E-state index contributed by atoms with van der Waals surface area (Å²) in [6.45, 7) is 3.11. The fourth-order valence-corrected chi connectivity index (χ4v) is 4.04. The van der Waals surface area contributed by atoms with Crippen LogP contribution in [-0.2, 0) is 4.79 Å². The third-order valence-electron chi connectivity index (χ3n) is 5.90. The lowest BCUT2D eigenvalue weighted by atomic mass is 9.71. The first kappa shape index (κ1) is 18.3. The Bertz CT molecular complexity index is 826. The maximum Gasteiger partial charge on any atom is 0.272 e. The number of amides is 2. The lowest BCUT2D eigenvalue weighted by Crippen LogP contribution is -2.48. The third-order valence-corrected chi connectivity index (χ3v) is 5.90. The molecule has 2 aromatic heterocycles. The largest absolute Gasteiger partial charge is 0.345 e. The van der Waals surface area contributed by atoms with Crippen LogP contribution in [-0.4, -0.2) is 63.2 Å². The molecule has 2 aliphatic rings. The van der Waals surface area contributed by atoms with E-state index in [9.17, 15) is 9.59 Å². The van der Waals surface area contributed by atoms with Gasteiger partial charge in [0.2, 0.25) is 12.4 Å². The van der Waals surface area contributed by atoms with Crippen LogP contribution < -0.4 is 5.32 Å². The van der Waals surface area contributed by atoms with E-state index in [1.165, 1.54) is 0 Å². The van der Waals surface area contributed by atoms with Gasteiger partial charge in [0.05, 0.1) is 0 Å². The summed E-state index contributed by atoms with van der Waals surface area (Å²) in [5.74, 6) is 0.930. The van der Waals surface area contributed by atoms with Gasteiger partial charge in [-0.2, -0.15) is 0 Å². The Balaban J connectivity index is 1.38. The Morgan fingerprint density at radius 2 is 1.75 bits per heavy atom. The normalized spacial score (nSPS) is 18.7. The zero-order valence-electron chi connectivity index (χ0n) is 15.8. The highest BCUT2D eigenvalue weighted by atomic mass is 16.2. The predicted octanol–water partition coefficient (Wildman–Crippen LogP) is 2.09. The molecule has 4 rings (SSSR count). The number of nitrogens with zero attached hydrogens (tertiary/aromatic N) is 5. The van der Waals surface area contributed by atoms with E-state index in [0.29, 0.717) is 17.5 Å². The van der Waals surface area contributed by atoms with Crippen molar-refractivity contribution in [3.63, 3.8) is 0 Å². The topological polar surface area (TPSA) is 91.3 Å². The van der Waals surface area contributed by atoms with Crippen molar-refractivity contribution in [1.82, 2.24) is 24.8 Å². The number of piperidine rings is 2. The second kappa shape index (κ2) is 7.92. The minimum Gasteiger partial charge on any atom is -0.345 e. The van der Waals surface area contributed by atoms with Crippen LogP contribution >= 0.6 is 0 Å². The maximum atomic E-state index is 12.9. The molecule has 28 heavy (non-hydrogen) atoms. The molecule has 2 aliphatic heterocycles. The monoisotopic (exact) mass is 380 g/mol. The van der Waals surface area contributed by atoms with Crippen molar-refractivity contribution in [1.29, 1.82) is 0 Å². The number of pyridine rings is 1. The summed E-state index contributed by atoms with van der Waals surface area (Å²) in [6.07, 6.45) is 8.23. The van der Waals surface area contributed by atoms with Crippen molar-refractivity contribution in [3.05, 3.63) is 42.4 Å². The minimum absolute atomic E-state index is 0.0633. The smallest absolute Gasteiger partial charge is 0.272 e. The Morgan fingerprint density at radius 1 is 1.00 bits per heavy atom. The van der Waals surface area contributed by atoms with Gasteiger partial charge in [-0.15, -0.1) is 0 Å². The molecular formula is C20H24N6O2. The highest BCUT2D eigenvalue weighted by molar-refractivity contribution is 5.92. The van der Waals surface area contributed by atoms with Crippen LogP contribution in [0.1, 0.15) is 36.2 Å². The molecule has 8 nitrogen and oxygen atoms in total. The Labute approximate surface area is 164 Å². The van der Waals surface area contributed by atoms with Crippen LogP contribution in [0, 0.1) is 5.41 Å². The molecule has 2 amide bonds. The quantitative estimate of drug-likeness (QED) is 0.817. The third kappa shape index (κ3) is 3.95. The molecule has 0 saturated carbocycles. The highest BCUT2D eigenvalue weighted by Gasteiger charge is 2.38. The van der Waals surface area contributed by atoms with Crippen molar-refractivity contribution in [2.45, 2.75) is 25.7 Å². The van der Waals surface area contributed by atoms with Crippen LogP contribution in [0.2, 0.25) is 0 Å². The van der Waals surface area contributed by atoms with Crippen molar-refractivity contribution in [3.8, 4) is 0 Å². The fourth-order valence-electron chi connectivity index (χ4n) is 4.04. The number of nitrogens with one attached hydrogen (secondary N) is 1. The highest BCUT2D eigenvalue weighted by Crippen LogP contribution is 2.41. The summed E-state index contributed by atoms with van der Waals surface area (Å²) in [5, 5.41) is 3.02. The van der Waals surface area contributed by atoms with E-state index >= 15 is 0 Å². The maximum absolute atomic E-state index is 12.9. The molecular weight excluding hydrogens is 356 g/mol. The summed E-state index contributed by atoms with van der Waals surface area (Å²) >= 11 is 0. The number of likely N-dealkylation sites (tertiary alicyclic amines) is 2. The van der Waals surface area contributed by atoms with Crippen LogP contribution in [0.4, 0.5) is 11.8 Å². The van der Waals surface area contributed by atoms with Gasteiger partial charge in [-0.05, 0) is 49.3 Å². The number of carbonyl (C=O) groups excluding carboxylic acids is 2. The van der Waals surface area contributed by atoms with Crippen LogP contribution in [0.5, 0.6) is 0 Å². The van der Waals surface area contributed by atoms with E-state index in [0.717, 1.165) is 58.3 Å². The Kier molecular flexibility index (Phi) is 5.18. The molecule has 146 valence electrons. The lowest BCUT2D eigenvalue weighted by Gasteiger charge is -2.46. The van der Waals surface area contributed by atoms with Crippen LogP contribution in [0.15, 0.2) is 36.7 Å². The average molecular weight is 380 g/mol. The molecule has 1 N–H and O–H groups in total. The second-order valence-corrected chi connectivity index (χ2v) is 7.54. The SMILES string of the molecule is O=CN1CCC2(CC1)CCN(C(=O)c1ccnc(Nc3ccccn3)n1)CC2. The van der Waals surface area contributed by atoms with Crippen molar-refractivity contribution >= 4 is 24.1 Å². The van der Waals surface area contributed by atoms with Crippen molar-refractivity contribution in [2.24, 2.45) is 5.41 Å². The molecule has 1 spiro atoms. The van der Waals surface area contributed by atoms with E-state index in [1.807, 2.05) is 28.0 Å². The molecule has 0 aromatic carbocycles. The lowest BCUT2D eigenvalue weighted by molar-refractivity contribution is -0.120. The van der Waals surface area contributed by atoms with Gasteiger partial charge in [0.25, 0.3) is 5.91 Å². The summed E-state index contributed by atoms with van der Waals surface area (Å²) in [4.78, 5) is 40.3. The molecule has 0 radical (unpaired) electrons. The van der Waals surface area contributed by atoms with E-state index in [4.69, 9.17) is 0 Å². The summed E-state index contributed by atoms with van der Waals surface area (Å²) < 4.78 is 0. The molecule has 8 heteroatoms. The van der Waals surface area contributed by atoms with Crippen LogP contribution in [0.3, 0.4) is 0 Å². The number of rotatable bonds is 4. The number of carbonyl (C=O) groups is 2. The van der Waals surface area contributed by atoms with Crippen LogP contribution in [0.25, 0.3) is 0 Å². The van der Waals surface area contributed by atoms with Gasteiger partial charge < -0.3 is 15.1 Å². The zero-order valence-corrected chi connectivity index (χ0v) is 15.8. The van der Waals surface area contributed by atoms with Gasteiger partial charge in [0, 0.05) is 38.6 Å². The van der Waals surface area contributed by atoms with Gasteiger partial charge in [-0.3, -0.25) is 9.59 Å². The fraction of sp³-hybridized carbons (Fsp3) is 0.450. The van der Waals surface area contributed by atoms with E-state index < -0.39 is 0 Å². The first-order valence-corrected chi connectivity index (χ1v) is 9.67. The van der Waals surface area contributed by atoms with Crippen molar-refractivity contribution < 1.29 is 9.59 Å². The van der Waals surface area contributed by atoms with Gasteiger partial charge in [-0.25, -0.2) is 15.0 Å². The standard InChI is InChI=1S/C20H24N6O2/c27-15-25-11-5-20(6-12-25)7-13-26(14-8-20)18(28)16-4-10-22-19(23-16)24-17-3-1-2-9-21-17/h1-4,9-10,15H,5-8,11-14H2,(H,21,22,23,24). The number of hydrogen-bond donors (Lipinski definition) is 1. The Hall–Kier alpha value is -3.03. The van der Waals surface area contributed by atoms with E-state index in [2.05, 4.69) is 20.3 Å². The number of aromatic nitrogens is 3. The van der Waals surface area contributed by atoms with Gasteiger partial charge in [0.15, 0.2) is 0 Å². The molecule has 0 unspecified atom stereocenters. The molecule has 4 heterocycles.